The minimum Gasteiger partial charge on any atom is -0.398 e. The normalized spacial score (nSPS) is 22.3. The van der Waals surface area contributed by atoms with Crippen LogP contribution in [0.2, 0.25) is 0 Å². The molecular formula is C25H39ClF3N3O. The van der Waals surface area contributed by atoms with E-state index >= 15 is 0 Å². The van der Waals surface area contributed by atoms with Crippen molar-refractivity contribution in [2.75, 3.05) is 32.4 Å². The second-order valence-corrected chi connectivity index (χ2v) is 9.91. The maximum Gasteiger partial charge on any atom is 0.418 e. The van der Waals surface area contributed by atoms with Crippen molar-refractivity contribution in [2.24, 2.45) is 11.3 Å². The van der Waals surface area contributed by atoms with Crippen LogP contribution < -0.4 is 11.1 Å². The summed E-state index contributed by atoms with van der Waals surface area (Å²) in [6.07, 6.45) is 7.26. The summed E-state index contributed by atoms with van der Waals surface area (Å²) in [6.45, 7) is 2.39. The lowest BCUT2D eigenvalue weighted by Gasteiger charge is -2.45. The minimum atomic E-state index is -4.42. The SMILES string of the molecule is CN(CCCCCCNC(=O)C12CCC(CC1)CC2)CCc1ccc(N)c(C(F)(F)F)c1.Cl. The van der Waals surface area contributed by atoms with Crippen LogP contribution in [0.5, 0.6) is 0 Å². The number of rotatable bonds is 11. The van der Waals surface area contributed by atoms with Gasteiger partial charge >= 0.3 is 6.18 Å². The van der Waals surface area contributed by atoms with Gasteiger partial charge in [0.25, 0.3) is 0 Å². The molecule has 0 saturated heterocycles. The smallest absolute Gasteiger partial charge is 0.398 e. The fraction of sp³-hybridized carbons (Fsp3) is 0.720. The molecule has 1 amide bonds. The Morgan fingerprint density at radius 2 is 1.73 bits per heavy atom. The first-order valence-electron chi connectivity index (χ1n) is 12.1. The second kappa shape index (κ2) is 12.3. The van der Waals surface area contributed by atoms with Crippen LogP contribution in [0.1, 0.15) is 75.3 Å². The molecule has 0 aromatic heterocycles. The van der Waals surface area contributed by atoms with Gasteiger partial charge in [-0.15, -0.1) is 12.4 Å². The molecule has 2 bridgehead atoms. The number of carbonyl (C=O) groups excluding carboxylic acids is 1. The van der Waals surface area contributed by atoms with E-state index in [-0.39, 0.29) is 29.4 Å². The molecule has 3 N–H and O–H groups in total. The van der Waals surface area contributed by atoms with Gasteiger partial charge in [0.15, 0.2) is 0 Å². The van der Waals surface area contributed by atoms with Crippen molar-refractivity contribution in [3.8, 4) is 0 Å². The third-order valence-electron chi connectivity index (χ3n) is 7.53. The zero-order valence-corrected chi connectivity index (χ0v) is 20.5. The molecule has 3 fully saturated rings. The molecule has 0 radical (unpaired) electrons. The third-order valence-corrected chi connectivity index (χ3v) is 7.53. The fourth-order valence-corrected chi connectivity index (χ4v) is 5.28. The van der Waals surface area contributed by atoms with Gasteiger partial charge < -0.3 is 16.0 Å². The van der Waals surface area contributed by atoms with Gasteiger partial charge in [0.1, 0.15) is 0 Å². The van der Waals surface area contributed by atoms with E-state index < -0.39 is 11.7 Å². The van der Waals surface area contributed by atoms with Crippen LogP contribution in [0.4, 0.5) is 18.9 Å². The number of hydrogen-bond donors (Lipinski definition) is 2. The van der Waals surface area contributed by atoms with Crippen molar-refractivity contribution in [2.45, 2.75) is 76.8 Å². The highest BCUT2D eigenvalue weighted by Gasteiger charge is 2.45. The Hall–Kier alpha value is -1.47. The number of nitrogens with one attached hydrogen (secondary N) is 1. The molecule has 1 aromatic carbocycles. The van der Waals surface area contributed by atoms with Crippen molar-refractivity contribution in [1.29, 1.82) is 0 Å². The van der Waals surface area contributed by atoms with Gasteiger partial charge in [0, 0.05) is 24.2 Å². The predicted octanol–water partition coefficient (Wildman–Crippen LogP) is 5.83. The average molecular weight is 490 g/mol. The highest BCUT2D eigenvalue weighted by Crippen LogP contribution is 2.50. The number of unbranched alkanes of at least 4 members (excludes halogenated alkanes) is 3. The molecule has 33 heavy (non-hydrogen) atoms. The molecule has 188 valence electrons. The maximum atomic E-state index is 13.0. The van der Waals surface area contributed by atoms with E-state index in [0.29, 0.717) is 18.5 Å². The molecule has 0 atom stereocenters. The molecule has 4 nitrogen and oxygen atoms in total. The Labute approximate surface area is 202 Å². The number of nitrogens with zero attached hydrogens (tertiary/aromatic N) is 1. The predicted molar refractivity (Wildman–Crippen MR) is 129 cm³/mol. The van der Waals surface area contributed by atoms with Gasteiger partial charge in [-0.1, -0.05) is 18.9 Å². The Morgan fingerprint density at radius 3 is 2.36 bits per heavy atom. The molecule has 3 saturated carbocycles. The van der Waals surface area contributed by atoms with E-state index in [2.05, 4.69) is 10.2 Å². The lowest BCUT2D eigenvalue weighted by atomic mass is 9.60. The number of nitrogens with two attached hydrogens (primary N) is 1. The van der Waals surface area contributed by atoms with Gasteiger partial charge in [0.2, 0.25) is 5.91 Å². The van der Waals surface area contributed by atoms with E-state index in [9.17, 15) is 18.0 Å². The molecule has 4 rings (SSSR count). The van der Waals surface area contributed by atoms with Crippen molar-refractivity contribution < 1.29 is 18.0 Å². The molecule has 0 spiro atoms. The molecule has 0 aliphatic heterocycles. The van der Waals surface area contributed by atoms with E-state index in [0.717, 1.165) is 70.0 Å². The number of likely N-dealkylation sites (N-methyl/N-ethyl adjacent to an activating group) is 1. The van der Waals surface area contributed by atoms with Crippen molar-refractivity contribution >= 4 is 24.0 Å². The fourth-order valence-electron chi connectivity index (χ4n) is 5.28. The lowest BCUT2D eigenvalue weighted by Crippen LogP contribution is -2.46. The molecule has 0 heterocycles. The number of nitrogen functional groups attached to an aromatic ring is 1. The number of fused-ring (bicyclic) bond motifs is 3. The van der Waals surface area contributed by atoms with Crippen LogP contribution in [0.15, 0.2) is 18.2 Å². The zero-order valence-electron chi connectivity index (χ0n) is 19.7. The largest absolute Gasteiger partial charge is 0.418 e. The van der Waals surface area contributed by atoms with Gasteiger partial charge in [-0.3, -0.25) is 4.79 Å². The summed E-state index contributed by atoms with van der Waals surface area (Å²) in [7, 11) is 2.00. The summed E-state index contributed by atoms with van der Waals surface area (Å²) in [5.41, 5.74) is 5.07. The van der Waals surface area contributed by atoms with Crippen LogP contribution >= 0.6 is 12.4 Å². The topological polar surface area (TPSA) is 58.4 Å². The molecule has 8 heteroatoms. The Kier molecular flexibility index (Phi) is 10.3. The maximum absolute atomic E-state index is 13.0. The molecule has 0 unspecified atom stereocenters. The highest BCUT2D eigenvalue weighted by atomic mass is 35.5. The molecule has 3 aliphatic rings. The summed E-state index contributed by atoms with van der Waals surface area (Å²) in [5, 5.41) is 3.19. The van der Waals surface area contributed by atoms with Gasteiger partial charge in [0.05, 0.1) is 5.56 Å². The number of amides is 1. The van der Waals surface area contributed by atoms with E-state index in [1.165, 1.54) is 25.3 Å². The quantitative estimate of drug-likeness (QED) is 0.303. The second-order valence-electron chi connectivity index (χ2n) is 9.91. The van der Waals surface area contributed by atoms with Crippen molar-refractivity contribution in [3.05, 3.63) is 29.3 Å². The monoisotopic (exact) mass is 489 g/mol. The summed E-state index contributed by atoms with van der Waals surface area (Å²) in [4.78, 5) is 14.8. The molecule has 3 aliphatic carbocycles. The van der Waals surface area contributed by atoms with Crippen LogP contribution in [-0.4, -0.2) is 37.5 Å². The van der Waals surface area contributed by atoms with Crippen LogP contribution in [0.25, 0.3) is 0 Å². The summed E-state index contributed by atoms with van der Waals surface area (Å²) in [5.74, 6) is 1.15. The average Bonchev–Trinajstić information content (AvgIpc) is 2.78. The number of anilines is 1. The first-order chi connectivity index (χ1) is 15.2. The van der Waals surface area contributed by atoms with Gasteiger partial charge in [-0.2, -0.15) is 13.2 Å². The number of alkyl halides is 3. The molecule has 1 aromatic rings. The van der Waals surface area contributed by atoms with Crippen LogP contribution in [-0.2, 0) is 17.4 Å². The Bertz CT molecular complexity index is 750. The highest BCUT2D eigenvalue weighted by molar-refractivity contribution is 5.85. The Balaban J connectivity index is 0.00000385. The Morgan fingerprint density at radius 1 is 1.09 bits per heavy atom. The summed E-state index contributed by atoms with van der Waals surface area (Å²) >= 11 is 0. The van der Waals surface area contributed by atoms with E-state index in [4.69, 9.17) is 5.73 Å². The van der Waals surface area contributed by atoms with Crippen molar-refractivity contribution in [3.63, 3.8) is 0 Å². The standard InChI is InChI=1S/C25H38F3N3O.ClH/c1-31(17-11-20-6-7-22(29)21(18-20)25(26,27)28)16-5-3-2-4-15-30-23(32)24-12-8-19(9-13-24)10-14-24;/h6-7,18-19H,2-5,8-17,29H2,1H3,(H,30,32);1H. The van der Waals surface area contributed by atoms with E-state index in [1.807, 2.05) is 7.05 Å². The van der Waals surface area contributed by atoms with Crippen LogP contribution in [0, 0.1) is 11.3 Å². The van der Waals surface area contributed by atoms with Gasteiger partial charge in [-0.25, -0.2) is 0 Å². The zero-order chi connectivity index (χ0) is 23.2. The van der Waals surface area contributed by atoms with Gasteiger partial charge in [-0.05, 0) is 95.0 Å². The first-order valence-corrected chi connectivity index (χ1v) is 12.1. The summed E-state index contributed by atoms with van der Waals surface area (Å²) < 4.78 is 39.0. The molecular weight excluding hydrogens is 451 g/mol. The first kappa shape index (κ1) is 27.8. The summed E-state index contributed by atoms with van der Waals surface area (Å²) in [6, 6.07) is 4.18. The van der Waals surface area contributed by atoms with Crippen LogP contribution in [0.3, 0.4) is 0 Å². The lowest BCUT2D eigenvalue weighted by molar-refractivity contribution is -0.137. The van der Waals surface area contributed by atoms with E-state index in [1.54, 1.807) is 6.07 Å². The number of hydrogen-bond acceptors (Lipinski definition) is 3. The third kappa shape index (κ3) is 7.78. The van der Waals surface area contributed by atoms with Crippen molar-refractivity contribution in [1.82, 2.24) is 10.2 Å². The minimum absolute atomic E-state index is 0. The number of carbonyl (C=O) groups is 1. The number of benzene rings is 1. The number of halogens is 4.